The van der Waals surface area contributed by atoms with Crippen LogP contribution in [0, 0.1) is 0 Å². The third-order valence-electron chi connectivity index (χ3n) is 13.0. The summed E-state index contributed by atoms with van der Waals surface area (Å²) >= 11 is 0. The van der Waals surface area contributed by atoms with E-state index in [1.807, 2.05) is 140 Å². The number of aromatic nitrogens is 2. The van der Waals surface area contributed by atoms with Gasteiger partial charge in [-0.15, -0.1) is 0 Å². The topological polar surface area (TPSA) is 131 Å². The van der Waals surface area contributed by atoms with E-state index < -0.39 is 24.0 Å². The summed E-state index contributed by atoms with van der Waals surface area (Å²) in [6.45, 7) is 6.37. The van der Waals surface area contributed by atoms with Gasteiger partial charge in [0.25, 0.3) is 0 Å². The van der Waals surface area contributed by atoms with Gasteiger partial charge in [0.15, 0.2) is 12.1 Å². The van der Waals surface area contributed by atoms with Crippen LogP contribution in [0.3, 0.4) is 0 Å². The van der Waals surface area contributed by atoms with Crippen molar-refractivity contribution in [1.29, 1.82) is 0 Å². The number of ether oxygens (including phenoxy) is 5. The number of aliphatic carboxylic acids is 2. The molecule has 0 aliphatic rings. The summed E-state index contributed by atoms with van der Waals surface area (Å²) in [6, 6.07) is 43.2. The molecule has 9 rings (SSSR count). The Balaban J connectivity index is 0.928. The van der Waals surface area contributed by atoms with Gasteiger partial charge in [-0.25, -0.2) is 9.59 Å². The summed E-state index contributed by atoms with van der Waals surface area (Å²) in [5.74, 6) is 1.49. The highest BCUT2D eigenvalue weighted by atomic mass is 16.5. The number of para-hydroxylation sites is 3. The van der Waals surface area contributed by atoms with Crippen molar-refractivity contribution in [3.8, 4) is 28.7 Å². The monoisotopic (exact) mass is 926 g/mol. The van der Waals surface area contributed by atoms with Crippen LogP contribution in [0.4, 0.5) is 0 Å². The maximum absolute atomic E-state index is 13.8. The minimum absolute atomic E-state index is 0.377. The summed E-state index contributed by atoms with van der Waals surface area (Å²) in [4.78, 5) is 27.7. The number of hydrogen-bond acceptors (Lipinski definition) is 7. The quantitative estimate of drug-likeness (QED) is 0.0602. The molecule has 0 fully saturated rings. The third-order valence-corrected chi connectivity index (χ3v) is 13.0. The second-order valence-corrected chi connectivity index (χ2v) is 17.7. The van der Waals surface area contributed by atoms with E-state index in [2.05, 4.69) is 19.9 Å². The van der Waals surface area contributed by atoms with Crippen molar-refractivity contribution < 1.29 is 43.5 Å². The van der Waals surface area contributed by atoms with Crippen molar-refractivity contribution in [2.75, 3.05) is 33.5 Å². The van der Waals surface area contributed by atoms with E-state index in [0.717, 1.165) is 88.1 Å². The normalized spacial score (nSPS) is 12.5. The van der Waals surface area contributed by atoms with Crippen LogP contribution in [0.1, 0.15) is 75.9 Å². The Kier molecular flexibility index (Phi) is 14.2. The molecule has 9 aromatic rings. The van der Waals surface area contributed by atoms with Crippen LogP contribution in [0.25, 0.3) is 54.4 Å². The maximum Gasteiger partial charge on any atom is 0.329 e. The average Bonchev–Trinajstić information content (AvgIpc) is 3.86. The molecule has 0 spiro atoms. The molecular formula is C58H58N2O9. The fourth-order valence-corrected chi connectivity index (χ4v) is 9.65. The van der Waals surface area contributed by atoms with Gasteiger partial charge in [0.05, 0.1) is 55.6 Å². The van der Waals surface area contributed by atoms with Gasteiger partial charge < -0.3 is 43.0 Å². The molecule has 0 aliphatic heterocycles. The molecule has 69 heavy (non-hydrogen) atoms. The fraction of sp³-hybridized carbons (Fsp3) is 0.276. The Morgan fingerprint density at radius 2 is 0.841 bits per heavy atom. The van der Waals surface area contributed by atoms with Crippen molar-refractivity contribution in [2.24, 2.45) is 0 Å². The minimum atomic E-state index is -1.57. The number of fused-ring (bicyclic) bond motifs is 7. The molecule has 2 aromatic heterocycles. The van der Waals surface area contributed by atoms with Gasteiger partial charge in [-0.2, -0.15) is 0 Å². The lowest BCUT2D eigenvalue weighted by Gasteiger charge is -2.26. The molecule has 7 aromatic carbocycles. The first-order valence-electron chi connectivity index (χ1n) is 23.9. The van der Waals surface area contributed by atoms with Gasteiger partial charge in [-0.3, -0.25) is 0 Å². The van der Waals surface area contributed by atoms with E-state index in [-0.39, 0.29) is 0 Å². The van der Waals surface area contributed by atoms with Gasteiger partial charge in [0.2, 0.25) is 0 Å². The van der Waals surface area contributed by atoms with Crippen LogP contribution < -0.4 is 23.7 Å². The number of carboxylic acid groups (broad SMARTS) is 2. The Hall–Kier alpha value is -7.66. The number of methoxy groups -OCH3 is 1. The minimum Gasteiger partial charge on any atom is -0.496 e. The number of carboxylic acids is 2. The molecule has 0 radical (unpaired) electrons. The van der Waals surface area contributed by atoms with Gasteiger partial charge >= 0.3 is 11.9 Å². The van der Waals surface area contributed by atoms with Crippen LogP contribution in [-0.4, -0.2) is 64.8 Å². The first-order valence-corrected chi connectivity index (χ1v) is 23.9. The Morgan fingerprint density at radius 3 is 1.33 bits per heavy atom. The average molecular weight is 927 g/mol. The second-order valence-electron chi connectivity index (χ2n) is 17.7. The van der Waals surface area contributed by atoms with Gasteiger partial charge in [-0.05, 0) is 105 Å². The van der Waals surface area contributed by atoms with Crippen LogP contribution >= 0.6 is 0 Å². The van der Waals surface area contributed by atoms with E-state index in [1.165, 1.54) is 5.56 Å². The third kappa shape index (κ3) is 9.72. The smallest absolute Gasteiger partial charge is 0.329 e. The maximum atomic E-state index is 13.8. The van der Waals surface area contributed by atoms with Crippen molar-refractivity contribution in [2.45, 2.75) is 70.4 Å². The van der Waals surface area contributed by atoms with Crippen LogP contribution in [-0.2, 0) is 9.59 Å². The number of carbonyl (C=O) groups is 2. The van der Waals surface area contributed by atoms with Crippen molar-refractivity contribution in [1.82, 2.24) is 9.13 Å². The van der Waals surface area contributed by atoms with Crippen molar-refractivity contribution in [3.63, 3.8) is 0 Å². The number of benzene rings is 7. The molecule has 0 saturated carbocycles. The Bertz CT molecular complexity index is 3260. The number of unbranched alkanes of at least 4 members (excludes halogenated alkanes) is 4. The number of nitrogens with zero attached hydrogens (tertiary/aromatic N) is 2. The highest BCUT2D eigenvalue weighted by Crippen LogP contribution is 2.42. The first-order chi connectivity index (χ1) is 33.7. The summed E-state index contributed by atoms with van der Waals surface area (Å²) in [6.07, 6.45) is 5.04. The zero-order valence-electron chi connectivity index (χ0n) is 39.3. The highest BCUT2D eigenvalue weighted by molar-refractivity contribution is 6.11. The largest absolute Gasteiger partial charge is 0.496 e. The summed E-state index contributed by atoms with van der Waals surface area (Å²) in [7, 11) is 1.67. The van der Waals surface area contributed by atoms with E-state index in [1.54, 1.807) is 16.2 Å². The molecule has 354 valence electrons. The van der Waals surface area contributed by atoms with Gasteiger partial charge in [0.1, 0.15) is 28.7 Å². The molecule has 2 heterocycles. The number of hydrogen-bond donors (Lipinski definition) is 2. The van der Waals surface area contributed by atoms with Crippen molar-refractivity contribution >= 4 is 66.3 Å². The molecule has 0 amide bonds. The zero-order valence-corrected chi connectivity index (χ0v) is 39.3. The molecular weight excluding hydrogens is 869 g/mol. The van der Waals surface area contributed by atoms with E-state index >= 15 is 0 Å². The SMILES string of the molecule is COc1ccc(OCCCCCOc2ccc3c4ccccc4n(C(C(=O)O)C(C(=O)O)n4c5ccccc5c5ccc(OCCCCCOc6ccccc6C(C)C)cc54)c3c2)c2ccccc12. The molecule has 11 heteroatoms. The summed E-state index contributed by atoms with van der Waals surface area (Å²) < 4.78 is 33.7. The van der Waals surface area contributed by atoms with Gasteiger partial charge in [0, 0.05) is 44.5 Å². The Morgan fingerprint density at radius 1 is 0.435 bits per heavy atom. The lowest BCUT2D eigenvalue weighted by molar-refractivity contribution is -0.151. The van der Waals surface area contributed by atoms with Crippen LogP contribution in [0.15, 0.2) is 146 Å². The molecule has 11 nitrogen and oxygen atoms in total. The van der Waals surface area contributed by atoms with Crippen molar-refractivity contribution in [3.05, 3.63) is 151 Å². The molecule has 0 bridgehead atoms. The molecule has 2 N–H and O–H groups in total. The summed E-state index contributed by atoms with van der Waals surface area (Å²) in [5, 5.41) is 27.8. The fourth-order valence-electron chi connectivity index (χ4n) is 9.65. The van der Waals surface area contributed by atoms with Crippen LogP contribution in [0.2, 0.25) is 0 Å². The zero-order chi connectivity index (χ0) is 47.9. The second kappa shape index (κ2) is 21.1. The lowest BCUT2D eigenvalue weighted by atomic mass is 10.0. The van der Waals surface area contributed by atoms with Gasteiger partial charge in [-0.1, -0.05) is 92.7 Å². The van der Waals surface area contributed by atoms with Crippen LogP contribution in [0.5, 0.6) is 28.7 Å². The van der Waals surface area contributed by atoms with E-state index in [4.69, 9.17) is 23.7 Å². The lowest BCUT2D eigenvalue weighted by Crippen LogP contribution is -2.34. The molecule has 0 saturated heterocycles. The molecule has 2 unspecified atom stereocenters. The van der Waals surface area contributed by atoms with E-state index in [0.29, 0.717) is 65.9 Å². The standard InChI is InChI=1S/C58H58N2O9/c1-38(2)41-18-10-13-25-53(41)68-34-16-4-14-32-66-39-26-28-44-42-19-8-11-23-48(42)59(50(44)36-39)55(57(61)62)56(58(63)64)60-49-24-12-9-20-43(49)45-29-27-40(37-51(45)60)67-33-15-5-17-35-69-54-31-30-52(65-3)46-21-6-7-22-47(46)54/h6-13,18-31,36-38,55-56H,4-5,14-17,32-35H2,1-3H3,(H,61,62)(H,63,64). The highest BCUT2D eigenvalue weighted by Gasteiger charge is 2.40. The molecule has 0 aliphatic carbocycles. The molecule has 2 atom stereocenters. The van der Waals surface area contributed by atoms with E-state index in [9.17, 15) is 19.8 Å². The number of rotatable bonds is 23. The predicted octanol–water partition coefficient (Wildman–Crippen LogP) is 13.4. The first kappa shape index (κ1) is 46.5. The predicted molar refractivity (Wildman–Crippen MR) is 273 cm³/mol. The Labute approximate surface area is 401 Å². The summed E-state index contributed by atoms with van der Waals surface area (Å²) in [5.41, 5.74) is 3.54.